The Hall–Kier alpha value is -4.22. The standard InChI is InChI=1S/C31H24N4S/c1-33-21-34(30-14-5-4-13-29(30)33)22-9-8-10-23(19-22)36-24-16-17-28-26(20-24)25-11-2-3-12-27(25)35(28)31-15-6-7-18-32-31/h2-20H,21H2,1H3. The number of nitrogens with zero attached hydrogens (tertiary/aromatic N) is 4. The summed E-state index contributed by atoms with van der Waals surface area (Å²) >= 11 is 1.81. The minimum absolute atomic E-state index is 0.854. The molecule has 0 amide bonds. The molecule has 0 saturated heterocycles. The third-order valence-electron chi connectivity index (χ3n) is 6.82. The number of para-hydroxylation sites is 3. The van der Waals surface area contributed by atoms with E-state index in [-0.39, 0.29) is 0 Å². The van der Waals surface area contributed by atoms with Gasteiger partial charge in [-0.1, -0.05) is 54.2 Å². The predicted octanol–water partition coefficient (Wildman–Crippen LogP) is 7.88. The number of fused-ring (bicyclic) bond motifs is 4. The molecule has 6 aromatic rings. The lowest BCUT2D eigenvalue weighted by molar-refractivity contribution is 0.948. The third-order valence-corrected chi connectivity index (χ3v) is 7.80. The van der Waals surface area contributed by atoms with Gasteiger partial charge in [0, 0.05) is 39.5 Å². The average molecular weight is 485 g/mol. The van der Waals surface area contributed by atoms with Gasteiger partial charge in [-0.3, -0.25) is 4.57 Å². The summed E-state index contributed by atoms with van der Waals surface area (Å²) in [6, 6.07) is 38.8. The molecule has 0 radical (unpaired) electrons. The number of hydrogen-bond donors (Lipinski definition) is 0. The van der Waals surface area contributed by atoms with Gasteiger partial charge in [0.2, 0.25) is 0 Å². The Kier molecular flexibility index (Phi) is 4.96. The molecule has 0 saturated carbocycles. The number of rotatable bonds is 4. The maximum absolute atomic E-state index is 4.63. The number of pyridine rings is 1. The zero-order chi connectivity index (χ0) is 24.1. The fraction of sp³-hybridized carbons (Fsp3) is 0.0645. The van der Waals surface area contributed by atoms with E-state index < -0.39 is 0 Å². The smallest absolute Gasteiger partial charge is 0.137 e. The molecule has 1 aliphatic heterocycles. The Morgan fingerprint density at radius 3 is 2.33 bits per heavy atom. The van der Waals surface area contributed by atoms with Gasteiger partial charge < -0.3 is 9.80 Å². The number of anilines is 3. The monoisotopic (exact) mass is 484 g/mol. The molecule has 0 fully saturated rings. The quantitative estimate of drug-likeness (QED) is 0.254. The van der Waals surface area contributed by atoms with Crippen molar-refractivity contribution in [2.24, 2.45) is 0 Å². The van der Waals surface area contributed by atoms with E-state index in [4.69, 9.17) is 0 Å². The molecule has 0 aliphatic carbocycles. The average Bonchev–Trinajstić information content (AvgIpc) is 3.44. The van der Waals surface area contributed by atoms with E-state index in [1.807, 2.05) is 18.3 Å². The summed E-state index contributed by atoms with van der Waals surface area (Å²) in [6.07, 6.45) is 1.85. The summed E-state index contributed by atoms with van der Waals surface area (Å²) in [5.41, 5.74) is 6.08. The first-order chi connectivity index (χ1) is 17.8. The molecule has 0 N–H and O–H groups in total. The van der Waals surface area contributed by atoms with Crippen LogP contribution in [0.25, 0.3) is 27.6 Å². The van der Waals surface area contributed by atoms with E-state index in [0.717, 1.165) is 12.5 Å². The van der Waals surface area contributed by atoms with E-state index in [1.54, 1.807) is 11.8 Å². The van der Waals surface area contributed by atoms with Crippen LogP contribution in [0.4, 0.5) is 17.1 Å². The molecule has 0 atom stereocenters. The summed E-state index contributed by atoms with van der Waals surface area (Å²) in [5.74, 6) is 0.938. The highest BCUT2D eigenvalue weighted by molar-refractivity contribution is 7.99. The maximum Gasteiger partial charge on any atom is 0.137 e. The molecule has 7 rings (SSSR count). The van der Waals surface area contributed by atoms with Crippen LogP contribution in [0.3, 0.4) is 0 Å². The van der Waals surface area contributed by atoms with Crippen LogP contribution in [0.1, 0.15) is 0 Å². The summed E-state index contributed by atoms with van der Waals surface area (Å²) in [6.45, 7) is 0.854. The topological polar surface area (TPSA) is 24.3 Å². The van der Waals surface area contributed by atoms with Crippen LogP contribution in [0.2, 0.25) is 0 Å². The summed E-state index contributed by atoms with van der Waals surface area (Å²) < 4.78 is 2.25. The van der Waals surface area contributed by atoms with E-state index in [0.29, 0.717) is 0 Å². The molecule has 5 heteroatoms. The summed E-state index contributed by atoms with van der Waals surface area (Å²) in [5, 5.41) is 2.48. The molecule has 0 bridgehead atoms. The van der Waals surface area contributed by atoms with Gasteiger partial charge in [-0.05, 0) is 66.7 Å². The number of benzene rings is 4. The van der Waals surface area contributed by atoms with Crippen LogP contribution in [0, 0.1) is 0 Å². The van der Waals surface area contributed by atoms with Crippen LogP contribution in [-0.4, -0.2) is 23.3 Å². The molecule has 4 aromatic carbocycles. The molecule has 4 nitrogen and oxygen atoms in total. The fourth-order valence-corrected chi connectivity index (χ4v) is 6.11. The van der Waals surface area contributed by atoms with E-state index in [1.165, 1.54) is 48.7 Å². The first kappa shape index (κ1) is 21.1. The van der Waals surface area contributed by atoms with Crippen molar-refractivity contribution in [1.82, 2.24) is 9.55 Å². The SMILES string of the molecule is CN1CN(c2cccc(Sc3ccc4c(c3)c3ccccc3n4-c3ccccn3)c2)c2ccccc21. The third kappa shape index (κ3) is 3.43. The molecule has 3 heterocycles. The Morgan fingerprint density at radius 2 is 1.44 bits per heavy atom. The van der Waals surface area contributed by atoms with Gasteiger partial charge in [0.15, 0.2) is 0 Å². The van der Waals surface area contributed by atoms with Gasteiger partial charge in [-0.15, -0.1) is 0 Å². The van der Waals surface area contributed by atoms with Crippen molar-refractivity contribution in [3.63, 3.8) is 0 Å². The van der Waals surface area contributed by atoms with Crippen LogP contribution < -0.4 is 9.80 Å². The maximum atomic E-state index is 4.63. The van der Waals surface area contributed by atoms with Crippen LogP contribution in [-0.2, 0) is 0 Å². The van der Waals surface area contributed by atoms with Gasteiger partial charge in [-0.25, -0.2) is 4.98 Å². The summed E-state index contributed by atoms with van der Waals surface area (Å²) in [4.78, 5) is 11.8. The van der Waals surface area contributed by atoms with Crippen molar-refractivity contribution in [1.29, 1.82) is 0 Å². The lowest BCUT2D eigenvalue weighted by Gasteiger charge is -2.20. The summed E-state index contributed by atoms with van der Waals surface area (Å²) in [7, 11) is 2.15. The molecule has 0 spiro atoms. The molecule has 174 valence electrons. The molecule has 36 heavy (non-hydrogen) atoms. The van der Waals surface area contributed by atoms with Gasteiger partial charge in [0.25, 0.3) is 0 Å². The highest BCUT2D eigenvalue weighted by Gasteiger charge is 2.24. The van der Waals surface area contributed by atoms with Gasteiger partial charge in [0.05, 0.1) is 29.1 Å². The van der Waals surface area contributed by atoms with E-state index in [9.17, 15) is 0 Å². The van der Waals surface area contributed by atoms with Gasteiger partial charge in [0.1, 0.15) is 5.82 Å². The zero-order valence-corrected chi connectivity index (χ0v) is 20.7. The normalized spacial score (nSPS) is 13.0. The Labute approximate surface area is 214 Å². The highest BCUT2D eigenvalue weighted by Crippen LogP contribution is 2.41. The zero-order valence-electron chi connectivity index (χ0n) is 19.9. The fourth-order valence-electron chi connectivity index (χ4n) is 5.20. The van der Waals surface area contributed by atoms with Crippen molar-refractivity contribution in [2.75, 3.05) is 23.5 Å². The van der Waals surface area contributed by atoms with Crippen molar-refractivity contribution < 1.29 is 0 Å². The van der Waals surface area contributed by atoms with Crippen molar-refractivity contribution in [3.05, 3.63) is 115 Å². The number of hydrogen-bond acceptors (Lipinski definition) is 4. The molecular formula is C31H24N4S. The van der Waals surface area contributed by atoms with E-state index in [2.05, 4.69) is 123 Å². The van der Waals surface area contributed by atoms with E-state index >= 15 is 0 Å². The minimum atomic E-state index is 0.854. The molecule has 2 aromatic heterocycles. The van der Waals surface area contributed by atoms with Crippen LogP contribution >= 0.6 is 11.8 Å². The predicted molar refractivity (Wildman–Crippen MR) is 151 cm³/mol. The Balaban J connectivity index is 1.27. The second-order valence-electron chi connectivity index (χ2n) is 9.07. The van der Waals surface area contributed by atoms with Crippen molar-refractivity contribution in [3.8, 4) is 5.82 Å². The molecular weight excluding hydrogens is 460 g/mol. The molecule has 0 unspecified atom stereocenters. The van der Waals surface area contributed by atoms with Crippen LogP contribution in [0.5, 0.6) is 0 Å². The second kappa shape index (κ2) is 8.47. The second-order valence-corrected chi connectivity index (χ2v) is 10.2. The Bertz CT molecular complexity index is 1720. The lowest BCUT2D eigenvalue weighted by atomic mass is 10.1. The van der Waals surface area contributed by atoms with Crippen molar-refractivity contribution in [2.45, 2.75) is 9.79 Å². The Morgan fingerprint density at radius 1 is 0.667 bits per heavy atom. The van der Waals surface area contributed by atoms with Crippen molar-refractivity contribution >= 4 is 50.6 Å². The van der Waals surface area contributed by atoms with Gasteiger partial charge >= 0.3 is 0 Å². The first-order valence-electron chi connectivity index (χ1n) is 12.1. The highest BCUT2D eigenvalue weighted by atomic mass is 32.2. The van der Waals surface area contributed by atoms with Gasteiger partial charge in [-0.2, -0.15) is 0 Å². The molecule has 1 aliphatic rings. The number of aromatic nitrogens is 2. The largest absolute Gasteiger partial charge is 0.355 e. The minimum Gasteiger partial charge on any atom is -0.355 e. The first-order valence-corrected chi connectivity index (χ1v) is 12.9. The lowest BCUT2D eigenvalue weighted by Crippen LogP contribution is -2.23. The van der Waals surface area contributed by atoms with Crippen LogP contribution in [0.15, 0.2) is 125 Å².